The third-order valence-corrected chi connectivity index (χ3v) is 2.41. The summed E-state index contributed by atoms with van der Waals surface area (Å²) in [6, 6.07) is 5.57. The Hall–Kier alpha value is -1.39. The Balaban J connectivity index is 2.25. The summed E-state index contributed by atoms with van der Waals surface area (Å²) in [5, 5.41) is 0. The minimum absolute atomic E-state index is 0.539. The van der Waals surface area contributed by atoms with E-state index in [4.69, 9.17) is 14.2 Å². The molecule has 0 unspecified atom stereocenters. The van der Waals surface area contributed by atoms with Gasteiger partial charge in [-0.1, -0.05) is 11.6 Å². The van der Waals surface area contributed by atoms with E-state index in [1.807, 2.05) is 25.1 Å². The Labute approximate surface area is 108 Å². The number of hydrogen-bond donors (Lipinski definition) is 0. The van der Waals surface area contributed by atoms with Gasteiger partial charge in [-0.05, 0) is 19.1 Å². The fourth-order valence-corrected chi connectivity index (χ4v) is 1.48. The summed E-state index contributed by atoms with van der Waals surface area (Å²) in [6.07, 6.45) is 1.60. The zero-order valence-electron chi connectivity index (χ0n) is 11.0. The van der Waals surface area contributed by atoms with Gasteiger partial charge in [0.15, 0.2) is 6.29 Å². The number of benzene rings is 1. The molecule has 0 N–H and O–H groups in total. The first-order valence-corrected chi connectivity index (χ1v) is 6.03. The highest BCUT2D eigenvalue weighted by Crippen LogP contribution is 2.18. The topological polar surface area (TPSA) is 44.8 Å². The Bertz CT molecular complexity index is 363. The molecule has 18 heavy (non-hydrogen) atoms. The van der Waals surface area contributed by atoms with Gasteiger partial charge in [0, 0.05) is 20.1 Å². The van der Waals surface area contributed by atoms with Crippen molar-refractivity contribution in [1.82, 2.24) is 0 Å². The Morgan fingerprint density at radius 1 is 1.17 bits per heavy atom. The Morgan fingerprint density at radius 2 is 2.00 bits per heavy atom. The number of aryl methyl sites for hydroxylation is 1. The molecule has 0 saturated carbocycles. The summed E-state index contributed by atoms with van der Waals surface area (Å²) in [6.45, 7) is 4.32. The number of rotatable bonds is 9. The number of aldehydes is 1. The predicted octanol–water partition coefficient (Wildman–Crippen LogP) is 2.24. The molecule has 0 fully saturated rings. The van der Waals surface area contributed by atoms with Gasteiger partial charge in [0.2, 0.25) is 0 Å². The largest absolute Gasteiger partial charge is 0.493 e. The van der Waals surface area contributed by atoms with E-state index in [2.05, 4.69) is 0 Å². The van der Waals surface area contributed by atoms with Crippen molar-refractivity contribution in [2.24, 2.45) is 0 Å². The summed E-state index contributed by atoms with van der Waals surface area (Å²) < 4.78 is 15.7. The highest BCUT2D eigenvalue weighted by molar-refractivity contribution is 5.79. The van der Waals surface area contributed by atoms with E-state index in [9.17, 15) is 4.79 Å². The molecule has 0 aromatic heterocycles. The third kappa shape index (κ3) is 5.29. The lowest BCUT2D eigenvalue weighted by atomic mass is 10.1. The molecule has 1 rings (SSSR count). The van der Waals surface area contributed by atoms with Crippen LogP contribution in [0.4, 0.5) is 0 Å². The van der Waals surface area contributed by atoms with Gasteiger partial charge < -0.3 is 14.2 Å². The fraction of sp³-hybridized carbons (Fsp3) is 0.500. The lowest BCUT2D eigenvalue weighted by molar-refractivity contribution is 0.0644. The first-order valence-electron chi connectivity index (χ1n) is 6.03. The van der Waals surface area contributed by atoms with Gasteiger partial charge in [-0.2, -0.15) is 0 Å². The predicted molar refractivity (Wildman–Crippen MR) is 69.4 cm³/mol. The third-order valence-electron chi connectivity index (χ3n) is 2.41. The first-order chi connectivity index (χ1) is 8.77. The number of methoxy groups -OCH3 is 1. The molecule has 0 saturated heterocycles. The van der Waals surface area contributed by atoms with E-state index < -0.39 is 0 Å². The molecule has 1 aromatic rings. The van der Waals surface area contributed by atoms with Gasteiger partial charge in [0.25, 0.3) is 0 Å². The molecule has 4 heteroatoms. The van der Waals surface area contributed by atoms with Crippen LogP contribution < -0.4 is 4.74 Å². The monoisotopic (exact) mass is 252 g/mol. The SMILES string of the molecule is COCCOCCCOc1ccc(C)cc1C=O. The summed E-state index contributed by atoms with van der Waals surface area (Å²) in [5.41, 5.74) is 1.64. The average molecular weight is 252 g/mol. The molecule has 0 radical (unpaired) electrons. The second-order valence-corrected chi connectivity index (χ2v) is 3.97. The molecule has 0 heterocycles. The zero-order chi connectivity index (χ0) is 13.2. The smallest absolute Gasteiger partial charge is 0.153 e. The summed E-state index contributed by atoms with van der Waals surface area (Å²) in [5.74, 6) is 0.632. The molecule has 0 amide bonds. The average Bonchev–Trinajstić information content (AvgIpc) is 2.39. The Kier molecular flexibility index (Phi) is 7.06. The van der Waals surface area contributed by atoms with Crippen molar-refractivity contribution in [3.8, 4) is 5.75 Å². The van der Waals surface area contributed by atoms with Crippen molar-refractivity contribution in [1.29, 1.82) is 0 Å². The zero-order valence-corrected chi connectivity index (χ0v) is 11.0. The van der Waals surface area contributed by atoms with Crippen LogP contribution in [0.1, 0.15) is 22.3 Å². The normalized spacial score (nSPS) is 10.3. The van der Waals surface area contributed by atoms with Crippen molar-refractivity contribution < 1.29 is 19.0 Å². The highest BCUT2D eigenvalue weighted by Gasteiger charge is 2.02. The number of hydrogen-bond acceptors (Lipinski definition) is 4. The fourth-order valence-electron chi connectivity index (χ4n) is 1.48. The van der Waals surface area contributed by atoms with Gasteiger partial charge in [-0.15, -0.1) is 0 Å². The van der Waals surface area contributed by atoms with Crippen LogP contribution in [-0.4, -0.2) is 39.8 Å². The van der Waals surface area contributed by atoms with E-state index in [-0.39, 0.29) is 0 Å². The van der Waals surface area contributed by atoms with Crippen LogP contribution in [0.3, 0.4) is 0 Å². The van der Waals surface area contributed by atoms with Gasteiger partial charge in [0.1, 0.15) is 5.75 Å². The molecular weight excluding hydrogens is 232 g/mol. The van der Waals surface area contributed by atoms with Crippen LogP contribution in [0.15, 0.2) is 18.2 Å². The van der Waals surface area contributed by atoms with E-state index >= 15 is 0 Å². The van der Waals surface area contributed by atoms with Gasteiger partial charge >= 0.3 is 0 Å². The lowest BCUT2D eigenvalue weighted by Gasteiger charge is -2.09. The van der Waals surface area contributed by atoms with E-state index in [1.54, 1.807) is 7.11 Å². The van der Waals surface area contributed by atoms with Crippen LogP contribution in [0, 0.1) is 6.92 Å². The standard InChI is InChI=1S/C14H20O4/c1-12-4-5-14(13(10-12)11-15)18-7-3-6-17-9-8-16-2/h4-5,10-11H,3,6-9H2,1-2H3. The molecule has 100 valence electrons. The van der Waals surface area contributed by atoms with E-state index in [0.29, 0.717) is 37.7 Å². The van der Waals surface area contributed by atoms with Crippen molar-refractivity contribution in [3.63, 3.8) is 0 Å². The van der Waals surface area contributed by atoms with Crippen LogP contribution in [0.25, 0.3) is 0 Å². The second kappa shape index (κ2) is 8.66. The molecule has 0 spiro atoms. The number of carbonyl (C=O) groups excluding carboxylic acids is 1. The van der Waals surface area contributed by atoms with Crippen LogP contribution in [0.2, 0.25) is 0 Å². The first kappa shape index (κ1) is 14.7. The minimum Gasteiger partial charge on any atom is -0.493 e. The molecule has 0 atom stereocenters. The van der Waals surface area contributed by atoms with Crippen LogP contribution >= 0.6 is 0 Å². The molecule has 0 aliphatic heterocycles. The molecule has 0 bridgehead atoms. The molecule has 1 aromatic carbocycles. The van der Waals surface area contributed by atoms with Crippen molar-refractivity contribution in [2.75, 3.05) is 33.5 Å². The minimum atomic E-state index is 0.539. The lowest BCUT2D eigenvalue weighted by Crippen LogP contribution is -2.07. The van der Waals surface area contributed by atoms with Gasteiger partial charge in [-0.25, -0.2) is 0 Å². The van der Waals surface area contributed by atoms with Crippen molar-refractivity contribution in [3.05, 3.63) is 29.3 Å². The highest BCUT2D eigenvalue weighted by atomic mass is 16.5. The summed E-state index contributed by atoms with van der Waals surface area (Å²) in [7, 11) is 1.64. The number of ether oxygens (including phenoxy) is 3. The molecule has 0 aliphatic rings. The maximum atomic E-state index is 10.9. The van der Waals surface area contributed by atoms with Crippen LogP contribution in [0.5, 0.6) is 5.75 Å². The number of carbonyl (C=O) groups is 1. The maximum absolute atomic E-state index is 10.9. The van der Waals surface area contributed by atoms with Crippen LogP contribution in [-0.2, 0) is 9.47 Å². The van der Waals surface area contributed by atoms with E-state index in [0.717, 1.165) is 18.3 Å². The van der Waals surface area contributed by atoms with Gasteiger partial charge in [-0.3, -0.25) is 4.79 Å². The maximum Gasteiger partial charge on any atom is 0.153 e. The van der Waals surface area contributed by atoms with Crippen molar-refractivity contribution in [2.45, 2.75) is 13.3 Å². The molecule has 0 aliphatic carbocycles. The van der Waals surface area contributed by atoms with Crippen molar-refractivity contribution >= 4 is 6.29 Å². The quantitative estimate of drug-likeness (QED) is 0.499. The summed E-state index contributed by atoms with van der Waals surface area (Å²) >= 11 is 0. The molecular formula is C14H20O4. The Morgan fingerprint density at radius 3 is 2.72 bits per heavy atom. The molecule has 4 nitrogen and oxygen atoms in total. The van der Waals surface area contributed by atoms with E-state index in [1.165, 1.54) is 0 Å². The van der Waals surface area contributed by atoms with Gasteiger partial charge in [0.05, 0.1) is 25.4 Å². The second-order valence-electron chi connectivity index (χ2n) is 3.97. The summed E-state index contributed by atoms with van der Waals surface area (Å²) in [4.78, 5) is 10.9.